The maximum absolute atomic E-state index is 3.56. The van der Waals surface area contributed by atoms with Crippen molar-refractivity contribution in [3.63, 3.8) is 0 Å². The summed E-state index contributed by atoms with van der Waals surface area (Å²) in [7, 11) is 2.05. The Hall–Kier alpha value is -1.02. The second kappa shape index (κ2) is 3.53. The fourth-order valence-electron chi connectivity index (χ4n) is 2.47. The molecule has 80 valence electrons. The number of hydrogen-bond donors (Lipinski definition) is 2. The Bertz CT molecular complexity index is 369. The lowest BCUT2D eigenvalue weighted by Crippen LogP contribution is -2.12. The van der Waals surface area contributed by atoms with Crippen molar-refractivity contribution in [3.8, 4) is 0 Å². The van der Waals surface area contributed by atoms with E-state index in [0.717, 1.165) is 6.04 Å². The molecule has 1 aromatic carbocycles. The van der Waals surface area contributed by atoms with E-state index >= 15 is 0 Å². The van der Waals surface area contributed by atoms with Crippen LogP contribution >= 0.6 is 0 Å². The molecule has 1 aromatic rings. The number of anilines is 1. The highest BCUT2D eigenvalue weighted by molar-refractivity contribution is 5.52. The molecular weight excluding hydrogens is 184 g/mol. The molecule has 1 saturated carbocycles. The predicted molar refractivity (Wildman–Crippen MR) is 63.2 cm³/mol. The van der Waals surface area contributed by atoms with Gasteiger partial charge in [0, 0.05) is 17.8 Å². The molecule has 0 aromatic heterocycles. The van der Waals surface area contributed by atoms with Crippen molar-refractivity contribution in [1.82, 2.24) is 5.32 Å². The third-order valence-electron chi connectivity index (χ3n) is 3.52. The summed E-state index contributed by atoms with van der Waals surface area (Å²) < 4.78 is 0. The molecule has 3 rings (SSSR count). The van der Waals surface area contributed by atoms with Crippen LogP contribution in [0.4, 0.5) is 5.69 Å². The molecule has 0 spiro atoms. The van der Waals surface area contributed by atoms with Crippen molar-refractivity contribution in [2.75, 3.05) is 12.4 Å². The summed E-state index contributed by atoms with van der Waals surface area (Å²) in [4.78, 5) is 0. The van der Waals surface area contributed by atoms with Gasteiger partial charge in [-0.1, -0.05) is 6.07 Å². The minimum absolute atomic E-state index is 0.579. The largest absolute Gasteiger partial charge is 0.382 e. The molecule has 1 atom stereocenters. The summed E-state index contributed by atoms with van der Waals surface area (Å²) in [6.45, 7) is 0. The lowest BCUT2D eigenvalue weighted by atomic mass is 10.1. The van der Waals surface area contributed by atoms with Gasteiger partial charge in [-0.25, -0.2) is 0 Å². The van der Waals surface area contributed by atoms with Crippen LogP contribution in [0.2, 0.25) is 0 Å². The van der Waals surface area contributed by atoms with Gasteiger partial charge in [0.15, 0.2) is 0 Å². The first-order valence-electron chi connectivity index (χ1n) is 5.93. The number of benzene rings is 1. The van der Waals surface area contributed by atoms with Gasteiger partial charge in [0.25, 0.3) is 0 Å². The molecule has 0 radical (unpaired) electrons. The predicted octanol–water partition coefficient (Wildman–Crippen LogP) is 2.47. The molecule has 0 heterocycles. The van der Waals surface area contributed by atoms with Crippen molar-refractivity contribution in [2.45, 2.75) is 37.8 Å². The van der Waals surface area contributed by atoms with Crippen molar-refractivity contribution >= 4 is 5.69 Å². The Morgan fingerprint density at radius 1 is 1.20 bits per heavy atom. The lowest BCUT2D eigenvalue weighted by molar-refractivity contribution is 0.590. The fourth-order valence-corrected chi connectivity index (χ4v) is 2.47. The van der Waals surface area contributed by atoms with Crippen LogP contribution in [-0.2, 0) is 6.42 Å². The average Bonchev–Trinajstić information content (AvgIpc) is 2.97. The molecule has 0 aliphatic heterocycles. The van der Waals surface area contributed by atoms with Crippen LogP contribution in [-0.4, -0.2) is 13.1 Å². The zero-order chi connectivity index (χ0) is 10.3. The molecule has 2 heteroatoms. The SMILES string of the molecule is CNC1CCc2cc(NC3CC3)ccc21. The highest BCUT2D eigenvalue weighted by atomic mass is 15.0. The Kier molecular flexibility index (Phi) is 2.17. The summed E-state index contributed by atoms with van der Waals surface area (Å²) in [5.41, 5.74) is 4.34. The average molecular weight is 202 g/mol. The summed E-state index contributed by atoms with van der Waals surface area (Å²) in [5.74, 6) is 0. The lowest BCUT2D eigenvalue weighted by Gasteiger charge is -2.11. The molecule has 15 heavy (non-hydrogen) atoms. The molecule has 1 fully saturated rings. The zero-order valence-electron chi connectivity index (χ0n) is 9.22. The highest BCUT2D eigenvalue weighted by Crippen LogP contribution is 2.33. The zero-order valence-corrected chi connectivity index (χ0v) is 9.22. The van der Waals surface area contributed by atoms with E-state index in [9.17, 15) is 0 Å². The number of rotatable bonds is 3. The topological polar surface area (TPSA) is 24.1 Å². The van der Waals surface area contributed by atoms with E-state index in [0.29, 0.717) is 6.04 Å². The fraction of sp³-hybridized carbons (Fsp3) is 0.538. The van der Waals surface area contributed by atoms with Crippen molar-refractivity contribution in [1.29, 1.82) is 0 Å². The Morgan fingerprint density at radius 3 is 2.80 bits per heavy atom. The molecule has 2 nitrogen and oxygen atoms in total. The third kappa shape index (κ3) is 1.74. The number of nitrogens with one attached hydrogen (secondary N) is 2. The van der Waals surface area contributed by atoms with Gasteiger partial charge >= 0.3 is 0 Å². The van der Waals surface area contributed by atoms with E-state index < -0.39 is 0 Å². The van der Waals surface area contributed by atoms with Gasteiger partial charge in [-0.05, 0) is 56.0 Å². The van der Waals surface area contributed by atoms with E-state index in [-0.39, 0.29) is 0 Å². The smallest absolute Gasteiger partial charge is 0.0345 e. The van der Waals surface area contributed by atoms with E-state index in [2.05, 4.69) is 35.9 Å². The summed E-state index contributed by atoms with van der Waals surface area (Å²) in [5, 5.41) is 6.93. The molecule has 1 unspecified atom stereocenters. The highest BCUT2D eigenvalue weighted by Gasteiger charge is 2.23. The van der Waals surface area contributed by atoms with Gasteiger partial charge in [-0.2, -0.15) is 0 Å². The summed E-state index contributed by atoms with van der Waals surface area (Å²) in [6, 6.07) is 8.19. The van der Waals surface area contributed by atoms with Gasteiger partial charge in [0.05, 0.1) is 0 Å². The summed E-state index contributed by atoms with van der Waals surface area (Å²) >= 11 is 0. The number of aryl methyl sites for hydroxylation is 1. The van der Waals surface area contributed by atoms with Crippen LogP contribution in [0.3, 0.4) is 0 Å². The molecule has 2 N–H and O–H groups in total. The Morgan fingerprint density at radius 2 is 2.07 bits per heavy atom. The molecule has 0 amide bonds. The van der Waals surface area contributed by atoms with Gasteiger partial charge < -0.3 is 10.6 Å². The Balaban J connectivity index is 1.83. The molecular formula is C13H18N2. The first-order chi connectivity index (χ1) is 7.36. The van der Waals surface area contributed by atoms with Gasteiger partial charge in [0.1, 0.15) is 0 Å². The van der Waals surface area contributed by atoms with Crippen LogP contribution in [0, 0.1) is 0 Å². The number of fused-ring (bicyclic) bond motifs is 1. The monoisotopic (exact) mass is 202 g/mol. The first kappa shape index (κ1) is 9.22. The van der Waals surface area contributed by atoms with Crippen LogP contribution in [0.5, 0.6) is 0 Å². The van der Waals surface area contributed by atoms with Crippen molar-refractivity contribution in [2.24, 2.45) is 0 Å². The quantitative estimate of drug-likeness (QED) is 0.786. The number of hydrogen-bond acceptors (Lipinski definition) is 2. The third-order valence-corrected chi connectivity index (χ3v) is 3.52. The van der Waals surface area contributed by atoms with E-state index in [1.807, 2.05) is 0 Å². The second-order valence-corrected chi connectivity index (χ2v) is 4.71. The van der Waals surface area contributed by atoms with Gasteiger partial charge in [0.2, 0.25) is 0 Å². The minimum Gasteiger partial charge on any atom is -0.382 e. The minimum atomic E-state index is 0.579. The second-order valence-electron chi connectivity index (χ2n) is 4.71. The molecule has 0 saturated heterocycles. The van der Waals surface area contributed by atoms with Gasteiger partial charge in [-0.15, -0.1) is 0 Å². The first-order valence-corrected chi connectivity index (χ1v) is 5.93. The molecule has 0 bridgehead atoms. The van der Waals surface area contributed by atoms with Crippen molar-refractivity contribution in [3.05, 3.63) is 29.3 Å². The van der Waals surface area contributed by atoms with Crippen LogP contribution < -0.4 is 10.6 Å². The standard InChI is InChI=1S/C13H18N2/c1-14-13-7-2-9-8-11(5-6-12(9)13)15-10-3-4-10/h5-6,8,10,13-15H,2-4,7H2,1H3. The van der Waals surface area contributed by atoms with E-state index in [4.69, 9.17) is 0 Å². The van der Waals surface area contributed by atoms with Crippen LogP contribution in [0.15, 0.2) is 18.2 Å². The van der Waals surface area contributed by atoms with Crippen molar-refractivity contribution < 1.29 is 0 Å². The van der Waals surface area contributed by atoms with E-state index in [1.165, 1.54) is 42.5 Å². The normalized spacial score (nSPS) is 23.9. The summed E-state index contributed by atoms with van der Waals surface area (Å²) in [6.07, 6.45) is 5.16. The molecule has 2 aliphatic rings. The van der Waals surface area contributed by atoms with Gasteiger partial charge in [-0.3, -0.25) is 0 Å². The Labute approximate surface area is 91.1 Å². The van der Waals surface area contributed by atoms with Crippen LogP contribution in [0.25, 0.3) is 0 Å². The van der Waals surface area contributed by atoms with Crippen LogP contribution in [0.1, 0.15) is 36.4 Å². The molecule has 2 aliphatic carbocycles. The van der Waals surface area contributed by atoms with E-state index in [1.54, 1.807) is 0 Å². The maximum atomic E-state index is 3.56. The maximum Gasteiger partial charge on any atom is 0.0345 e.